The van der Waals surface area contributed by atoms with Gasteiger partial charge in [-0.1, -0.05) is 37.3 Å². The van der Waals surface area contributed by atoms with Crippen molar-refractivity contribution in [1.82, 2.24) is 10.2 Å². The van der Waals surface area contributed by atoms with Gasteiger partial charge in [-0.2, -0.15) is 0 Å². The second kappa shape index (κ2) is 7.67. The summed E-state index contributed by atoms with van der Waals surface area (Å²) < 4.78 is 4.84. The van der Waals surface area contributed by atoms with Crippen LogP contribution < -0.4 is 5.32 Å². The fourth-order valence-corrected chi connectivity index (χ4v) is 2.31. The van der Waals surface area contributed by atoms with Gasteiger partial charge in [0.2, 0.25) is 5.91 Å². The second-order valence-electron chi connectivity index (χ2n) is 5.32. The molecule has 114 valence electrons. The zero-order chi connectivity index (χ0) is 15.1. The molecule has 1 N–H and O–H groups in total. The van der Waals surface area contributed by atoms with E-state index in [1.807, 2.05) is 18.2 Å². The van der Waals surface area contributed by atoms with Crippen molar-refractivity contribution in [2.24, 2.45) is 0 Å². The monoisotopic (exact) mass is 290 g/mol. The molecule has 5 heteroatoms. The van der Waals surface area contributed by atoms with Gasteiger partial charge in [0.1, 0.15) is 6.61 Å². The molecule has 1 aromatic carbocycles. The van der Waals surface area contributed by atoms with E-state index in [4.69, 9.17) is 4.74 Å². The Bertz CT molecular complexity index is 476. The van der Waals surface area contributed by atoms with Crippen LogP contribution in [0, 0.1) is 0 Å². The molecule has 0 aliphatic carbocycles. The summed E-state index contributed by atoms with van der Waals surface area (Å²) in [5.41, 5.74) is 1.22. The summed E-state index contributed by atoms with van der Waals surface area (Å²) in [6.07, 6.45) is 0.833. The van der Waals surface area contributed by atoms with E-state index >= 15 is 0 Å². The Labute approximate surface area is 125 Å². The molecule has 2 amide bonds. The van der Waals surface area contributed by atoms with Crippen molar-refractivity contribution in [2.45, 2.75) is 25.7 Å². The largest absolute Gasteiger partial charge is 0.448 e. The predicted octanol–water partition coefficient (Wildman–Crippen LogP) is 2.14. The molecule has 1 aromatic rings. The molecular weight excluding hydrogens is 268 g/mol. The van der Waals surface area contributed by atoms with Gasteiger partial charge in [-0.25, -0.2) is 4.79 Å². The van der Waals surface area contributed by atoms with Crippen LogP contribution in [0.15, 0.2) is 30.3 Å². The summed E-state index contributed by atoms with van der Waals surface area (Å²) in [7, 11) is 0. The fourth-order valence-electron chi connectivity index (χ4n) is 2.31. The summed E-state index contributed by atoms with van der Waals surface area (Å²) in [5, 5.41) is 2.94. The quantitative estimate of drug-likeness (QED) is 0.837. The van der Waals surface area contributed by atoms with Gasteiger partial charge < -0.3 is 15.0 Å². The molecule has 2 rings (SSSR count). The minimum atomic E-state index is -0.270. The second-order valence-corrected chi connectivity index (χ2v) is 5.32. The maximum absolute atomic E-state index is 11.8. The van der Waals surface area contributed by atoms with Crippen LogP contribution in [0.3, 0.4) is 0 Å². The van der Waals surface area contributed by atoms with Crippen molar-refractivity contribution in [1.29, 1.82) is 0 Å². The number of rotatable bonds is 7. The maximum atomic E-state index is 11.8. The molecule has 0 saturated carbocycles. The van der Waals surface area contributed by atoms with Gasteiger partial charge in [-0.15, -0.1) is 0 Å². The number of carbonyl (C=O) groups excluding carboxylic acids is 2. The lowest BCUT2D eigenvalue weighted by Crippen LogP contribution is -2.29. The standard InChI is InChI=1S/C16H22N2O3/c1-13(14-6-3-2-4-7-14)12-17-15(19)8-5-9-18-10-11-21-16(18)20/h2-4,6-7,13H,5,8-12H2,1H3,(H,17,19)/t13-/m0/s1. The van der Waals surface area contributed by atoms with Crippen LogP contribution in [-0.4, -0.2) is 43.1 Å². The van der Waals surface area contributed by atoms with E-state index in [-0.39, 0.29) is 12.0 Å². The summed E-state index contributed by atoms with van der Waals surface area (Å²) in [6.45, 7) is 4.40. The molecule has 0 unspecified atom stereocenters. The highest BCUT2D eigenvalue weighted by Crippen LogP contribution is 2.13. The Hall–Kier alpha value is -2.04. The molecule has 1 atom stereocenters. The van der Waals surface area contributed by atoms with E-state index in [0.717, 1.165) is 0 Å². The molecule has 5 nitrogen and oxygen atoms in total. The number of cyclic esters (lactones) is 1. The lowest BCUT2D eigenvalue weighted by molar-refractivity contribution is -0.121. The van der Waals surface area contributed by atoms with Crippen LogP contribution in [0.2, 0.25) is 0 Å². The highest BCUT2D eigenvalue weighted by atomic mass is 16.6. The molecule has 0 spiro atoms. The van der Waals surface area contributed by atoms with Crippen LogP contribution in [-0.2, 0) is 9.53 Å². The molecule has 0 aromatic heterocycles. The SMILES string of the molecule is C[C@@H](CNC(=O)CCCN1CCOC1=O)c1ccccc1. The van der Waals surface area contributed by atoms with E-state index in [0.29, 0.717) is 45.0 Å². The van der Waals surface area contributed by atoms with Gasteiger partial charge in [0, 0.05) is 19.5 Å². The van der Waals surface area contributed by atoms with Crippen molar-refractivity contribution in [3.63, 3.8) is 0 Å². The molecular formula is C16H22N2O3. The van der Waals surface area contributed by atoms with Gasteiger partial charge in [0.05, 0.1) is 6.54 Å². The van der Waals surface area contributed by atoms with Crippen LogP contribution in [0.4, 0.5) is 4.79 Å². The number of benzene rings is 1. The van der Waals surface area contributed by atoms with Gasteiger partial charge >= 0.3 is 6.09 Å². The summed E-state index contributed by atoms with van der Waals surface area (Å²) in [5.74, 6) is 0.328. The Morgan fingerprint density at radius 2 is 2.14 bits per heavy atom. The third kappa shape index (κ3) is 4.77. The van der Waals surface area contributed by atoms with Crippen LogP contribution in [0.5, 0.6) is 0 Å². The van der Waals surface area contributed by atoms with E-state index in [9.17, 15) is 9.59 Å². The van der Waals surface area contributed by atoms with E-state index in [1.165, 1.54) is 5.56 Å². The number of nitrogens with zero attached hydrogens (tertiary/aromatic N) is 1. The van der Waals surface area contributed by atoms with Crippen LogP contribution in [0.1, 0.15) is 31.2 Å². The average Bonchev–Trinajstić information content (AvgIpc) is 2.91. The third-order valence-corrected chi connectivity index (χ3v) is 3.65. The first-order valence-electron chi connectivity index (χ1n) is 7.40. The molecule has 1 heterocycles. The van der Waals surface area contributed by atoms with Crippen LogP contribution >= 0.6 is 0 Å². The third-order valence-electron chi connectivity index (χ3n) is 3.65. The number of hydrogen-bond acceptors (Lipinski definition) is 3. The maximum Gasteiger partial charge on any atom is 0.409 e. The highest BCUT2D eigenvalue weighted by Gasteiger charge is 2.21. The molecule has 0 radical (unpaired) electrons. The Morgan fingerprint density at radius 3 is 2.81 bits per heavy atom. The van der Waals surface area contributed by atoms with Crippen molar-refractivity contribution in [3.05, 3.63) is 35.9 Å². The molecule has 1 saturated heterocycles. The lowest BCUT2D eigenvalue weighted by Gasteiger charge is -2.14. The fraction of sp³-hybridized carbons (Fsp3) is 0.500. The first kappa shape index (κ1) is 15.4. The van der Waals surface area contributed by atoms with Crippen molar-refractivity contribution < 1.29 is 14.3 Å². The summed E-state index contributed by atoms with van der Waals surface area (Å²) in [6, 6.07) is 10.1. The van der Waals surface area contributed by atoms with E-state index in [2.05, 4.69) is 24.4 Å². The Balaban J connectivity index is 1.62. The average molecular weight is 290 g/mol. The van der Waals surface area contributed by atoms with Crippen molar-refractivity contribution >= 4 is 12.0 Å². The number of hydrogen-bond donors (Lipinski definition) is 1. The summed E-state index contributed by atoms with van der Waals surface area (Å²) in [4.78, 5) is 24.7. The normalized spacial score (nSPS) is 15.7. The first-order chi connectivity index (χ1) is 10.2. The zero-order valence-corrected chi connectivity index (χ0v) is 12.4. The van der Waals surface area contributed by atoms with E-state index in [1.54, 1.807) is 4.90 Å². The number of amides is 2. The molecule has 21 heavy (non-hydrogen) atoms. The van der Waals surface area contributed by atoms with Crippen molar-refractivity contribution in [3.8, 4) is 0 Å². The van der Waals surface area contributed by atoms with E-state index < -0.39 is 0 Å². The molecule has 1 fully saturated rings. The van der Waals surface area contributed by atoms with Crippen LogP contribution in [0.25, 0.3) is 0 Å². The van der Waals surface area contributed by atoms with Gasteiger partial charge in [-0.3, -0.25) is 4.79 Å². The van der Waals surface area contributed by atoms with Crippen molar-refractivity contribution in [2.75, 3.05) is 26.2 Å². The zero-order valence-electron chi connectivity index (χ0n) is 12.4. The minimum Gasteiger partial charge on any atom is -0.448 e. The number of ether oxygens (including phenoxy) is 1. The molecule has 0 bridgehead atoms. The first-order valence-corrected chi connectivity index (χ1v) is 7.40. The van der Waals surface area contributed by atoms with Gasteiger partial charge in [0.15, 0.2) is 0 Å². The number of carbonyl (C=O) groups is 2. The van der Waals surface area contributed by atoms with Gasteiger partial charge in [0.25, 0.3) is 0 Å². The highest BCUT2D eigenvalue weighted by molar-refractivity contribution is 5.76. The molecule has 1 aliphatic heterocycles. The number of nitrogens with one attached hydrogen (secondary N) is 1. The summed E-state index contributed by atoms with van der Waals surface area (Å²) >= 11 is 0. The minimum absolute atomic E-state index is 0.0327. The predicted molar refractivity (Wildman–Crippen MR) is 80.0 cm³/mol. The molecule has 1 aliphatic rings. The Kier molecular flexibility index (Phi) is 5.60. The van der Waals surface area contributed by atoms with Gasteiger partial charge in [-0.05, 0) is 17.9 Å². The lowest BCUT2D eigenvalue weighted by atomic mass is 10.0. The topological polar surface area (TPSA) is 58.6 Å². The smallest absolute Gasteiger partial charge is 0.409 e. The Morgan fingerprint density at radius 1 is 1.38 bits per heavy atom.